The zero-order valence-electron chi connectivity index (χ0n) is 12.4. The minimum absolute atomic E-state index is 0.0765. The average molecular weight is 280 g/mol. The van der Waals surface area contributed by atoms with Crippen molar-refractivity contribution in [1.82, 2.24) is 0 Å². The number of hydrogen-bond acceptors (Lipinski definition) is 2. The van der Waals surface area contributed by atoms with Crippen LogP contribution in [0.1, 0.15) is 29.0 Å². The van der Waals surface area contributed by atoms with Gasteiger partial charge in [-0.15, -0.1) is 0 Å². The van der Waals surface area contributed by atoms with Gasteiger partial charge >= 0.3 is 0 Å². The van der Waals surface area contributed by atoms with Crippen LogP contribution in [0.3, 0.4) is 0 Å². The number of aryl methyl sites for hydroxylation is 1. The van der Waals surface area contributed by atoms with Crippen molar-refractivity contribution in [3.63, 3.8) is 0 Å². The molecule has 2 atom stereocenters. The number of nitrogens with one attached hydrogen (secondary N) is 1. The highest BCUT2D eigenvalue weighted by molar-refractivity contribution is 5.97. The summed E-state index contributed by atoms with van der Waals surface area (Å²) in [5, 5.41) is 3.06. The van der Waals surface area contributed by atoms with Gasteiger partial charge in [0.1, 0.15) is 0 Å². The molecule has 2 aromatic carbocycles. The van der Waals surface area contributed by atoms with Crippen molar-refractivity contribution in [2.24, 2.45) is 5.92 Å². The Morgan fingerprint density at radius 3 is 2.57 bits per heavy atom. The summed E-state index contributed by atoms with van der Waals surface area (Å²) in [5.74, 6) is 0.529. The standard InChI is InChI=1S/C18H20N2O/c1-11-8-9-16(19)12(2)17(11)20-18(21)15-10-14(15)13-6-4-3-5-7-13/h3-9,14-15H,10,19H2,1-2H3,(H,20,21). The van der Waals surface area contributed by atoms with Gasteiger partial charge in [0.25, 0.3) is 0 Å². The van der Waals surface area contributed by atoms with Crippen LogP contribution in [0.25, 0.3) is 0 Å². The summed E-state index contributed by atoms with van der Waals surface area (Å²) in [4.78, 5) is 12.4. The lowest BCUT2D eigenvalue weighted by Crippen LogP contribution is -2.16. The first-order valence-corrected chi connectivity index (χ1v) is 7.29. The largest absolute Gasteiger partial charge is 0.398 e. The highest BCUT2D eigenvalue weighted by Crippen LogP contribution is 2.48. The molecule has 3 nitrogen and oxygen atoms in total. The number of amides is 1. The fourth-order valence-electron chi connectivity index (χ4n) is 2.82. The van der Waals surface area contributed by atoms with Gasteiger partial charge in [-0.2, -0.15) is 0 Å². The Morgan fingerprint density at radius 1 is 1.14 bits per heavy atom. The van der Waals surface area contributed by atoms with Gasteiger partial charge in [-0.3, -0.25) is 4.79 Å². The van der Waals surface area contributed by atoms with E-state index in [0.29, 0.717) is 11.6 Å². The van der Waals surface area contributed by atoms with Crippen molar-refractivity contribution >= 4 is 17.3 Å². The minimum atomic E-state index is 0.0765. The normalized spacial score (nSPS) is 20.1. The van der Waals surface area contributed by atoms with Crippen LogP contribution in [-0.4, -0.2) is 5.91 Å². The Labute approximate surface area is 125 Å². The van der Waals surface area contributed by atoms with E-state index >= 15 is 0 Å². The first kappa shape index (κ1) is 13.7. The van der Waals surface area contributed by atoms with Crippen LogP contribution in [0.15, 0.2) is 42.5 Å². The second-order valence-corrected chi connectivity index (χ2v) is 5.82. The fraction of sp³-hybridized carbons (Fsp3) is 0.278. The first-order chi connectivity index (χ1) is 10.1. The molecule has 1 aliphatic rings. The van der Waals surface area contributed by atoms with E-state index in [4.69, 9.17) is 5.73 Å². The summed E-state index contributed by atoms with van der Waals surface area (Å²) in [6, 6.07) is 14.1. The predicted molar refractivity (Wildman–Crippen MR) is 86.2 cm³/mol. The molecule has 1 aliphatic carbocycles. The van der Waals surface area contributed by atoms with E-state index in [2.05, 4.69) is 17.4 Å². The predicted octanol–water partition coefficient (Wildman–Crippen LogP) is 3.63. The molecule has 2 unspecified atom stereocenters. The van der Waals surface area contributed by atoms with Crippen molar-refractivity contribution in [3.05, 3.63) is 59.2 Å². The third-order valence-corrected chi connectivity index (χ3v) is 4.32. The van der Waals surface area contributed by atoms with Crippen molar-refractivity contribution in [1.29, 1.82) is 0 Å². The maximum Gasteiger partial charge on any atom is 0.228 e. The summed E-state index contributed by atoms with van der Waals surface area (Å²) in [6.07, 6.45) is 0.927. The maximum atomic E-state index is 12.4. The van der Waals surface area contributed by atoms with E-state index in [-0.39, 0.29) is 11.8 Å². The number of nitrogen functional groups attached to an aromatic ring is 1. The fourth-order valence-corrected chi connectivity index (χ4v) is 2.82. The number of nitrogens with two attached hydrogens (primary N) is 1. The monoisotopic (exact) mass is 280 g/mol. The number of carbonyl (C=O) groups excluding carboxylic acids is 1. The third kappa shape index (κ3) is 2.64. The molecule has 2 aromatic rings. The van der Waals surface area contributed by atoms with E-state index in [1.807, 2.05) is 44.2 Å². The molecular formula is C18H20N2O. The molecular weight excluding hydrogens is 260 g/mol. The van der Waals surface area contributed by atoms with Gasteiger partial charge in [0.05, 0.1) is 0 Å². The van der Waals surface area contributed by atoms with E-state index in [1.54, 1.807) is 0 Å². The first-order valence-electron chi connectivity index (χ1n) is 7.29. The second kappa shape index (κ2) is 5.24. The van der Waals surface area contributed by atoms with Crippen LogP contribution >= 0.6 is 0 Å². The van der Waals surface area contributed by atoms with Crippen molar-refractivity contribution in [3.8, 4) is 0 Å². The topological polar surface area (TPSA) is 55.1 Å². The van der Waals surface area contributed by atoms with Crippen molar-refractivity contribution in [2.45, 2.75) is 26.2 Å². The molecule has 0 bridgehead atoms. The average Bonchev–Trinajstić information content (AvgIpc) is 3.29. The van der Waals surface area contributed by atoms with Crippen LogP contribution in [0.2, 0.25) is 0 Å². The lowest BCUT2D eigenvalue weighted by atomic mass is 10.1. The molecule has 0 spiro atoms. The molecule has 0 heterocycles. The molecule has 1 amide bonds. The summed E-state index contributed by atoms with van der Waals surface area (Å²) >= 11 is 0. The minimum Gasteiger partial charge on any atom is -0.398 e. The van der Waals surface area contributed by atoms with Gasteiger partial charge in [-0.1, -0.05) is 36.4 Å². The molecule has 1 saturated carbocycles. The molecule has 3 N–H and O–H groups in total. The van der Waals surface area contributed by atoms with Gasteiger partial charge in [0.2, 0.25) is 5.91 Å². The summed E-state index contributed by atoms with van der Waals surface area (Å²) in [7, 11) is 0. The molecule has 1 fully saturated rings. The quantitative estimate of drug-likeness (QED) is 0.844. The molecule has 0 saturated heterocycles. The van der Waals surface area contributed by atoms with Gasteiger partial charge in [-0.05, 0) is 48.9 Å². The van der Waals surface area contributed by atoms with Crippen LogP contribution in [-0.2, 0) is 4.79 Å². The van der Waals surface area contributed by atoms with E-state index in [0.717, 1.165) is 23.2 Å². The maximum absolute atomic E-state index is 12.4. The SMILES string of the molecule is Cc1ccc(N)c(C)c1NC(=O)C1CC1c1ccccc1. The van der Waals surface area contributed by atoms with Gasteiger partial charge in [0, 0.05) is 17.3 Å². The molecule has 0 radical (unpaired) electrons. The van der Waals surface area contributed by atoms with Crippen LogP contribution in [0.5, 0.6) is 0 Å². The van der Waals surface area contributed by atoms with Gasteiger partial charge in [0.15, 0.2) is 0 Å². The Kier molecular flexibility index (Phi) is 3.42. The van der Waals surface area contributed by atoms with Crippen molar-refractivity contribution < 1.29 is 4.79 Å². The van der Waals surface area contributed by atoms with Gasteiger partial charge < -0.3 is 11.1 Å². The number of carbonyl (C=O) groups is 1. The van der Waals surface area contributed by atoms with Crippen molar-refractivity contribution in [2.75, 3.05) is 11.1 Å². The number of benzene rings is 2. The molecule has 21 heavy (non-hydrogen) atoms. The third-order valence-electron chi connectivity index (χ3n) is 4.32. The second-order valence-electron chi connectivity index (χ2n) is 5.82. The number of anilines is 2. The van der Waals surface area contributed by atoms with Gasteiger partial charge in [-0.25, -0.2) is 0 Å². The van der Waals surface area contributed by atoms with Crippen LogP contribution in [0, 0.1) is 19.8 Å². The lowest BCUT2D eigenvalue weighted by Gasteiger charge is -2.13. The Bertz CT molecular complexity index is 679. The number of rotatable bonds is 3. The van der Waals surface area contributed by atoms with E-state index in [1.165, 1.54) is 5.56 Å². The number of hydrogen-bond donors (Lipinski definition) is 2. The van der Waals surface area contributed by atoms with Crippen LogP contribution < -0.4 is 11.1 Å². The Morgan fingerprint density at radius 2 is 1.86 bits per heavy atom. The zero-order chi connectivity index (χ0) is 15.0. The molecule has 0 aliphatic heterocycles. The molecule has 3 heteroatoms. The highest BCUT2D eigenvalue weighted by atomic mass is 16.2. The lowest BCUT2D eigenvalue weighted by molar-refractivity contribution is -0.117. The highest BCUT2D eigenvalue weighted by Gasteiger charge is 2.43. The van der Waals surface area contributed by atoms with E-state index in [9.17, 15) is 4.79 Å². The van der Waals surface area contributed by atoms with E-state index < -0.39 is 0 Å². The van der Waals surface area contributed by atoms with Crippen LogP contribution in [0.4, 0.5) is 11.4 Å². The molecule has 3 rings (SSSR count). The summed E-state index contributed by atoms with van der Waals surface area (Å²) in [5.41, 5.74) is 10.7. The summed E-state index contributed by atoms with van der Waals surface area (Å²) in [6.45, 7) is 3.93. The smallest absolute Gasteiger partial charge is 0.228 e. The molecule has 108 valence electrons. The molecule has 0 aromatic heterocycles. The Balaban J connectivity index is 1.73. The summed E-state index contributed by atoms with van der Waals surface area (Å²) < 4.78 is 0. The Hall–Kier alpha value is -2.29. The zero-order valence-corrected chi connectivity index (χ0v) is 12.4.